The van der Waals surface area contributed by atoms with Gasteiger partial charge in [-0.25, -0.2) is 4.98 Å². The number of rotatable bonds is 3. The van der Waals surface area contributed by atoms with Crippen molar-refractivity contribution < 1.29 is 0 Å². The van der Waals surface area contributed by atoms with E-state index in [1.165, 1.54) is 29.5 Å². The van der Waals surface area contributed by atoms with E-state index in [4.69, 9.17) is 0 Å². The summed E-state index contributed by atoms with van der Waals surface area (Å²) < 4.78 is 0. The first-order valence-corrected chi connectivity index (χ1v) is 7.19. The lowest BCUT2D eigenvalue weighted by Gasteiger charge is -2.35. The molecule has 0 amide bonds. The Hall–Kier alpha value is -1.36. The number of aromatic nitrogens is 2. The number of nitrogens with zero attached hydrogens (tertiary/aromatic N) is 3. The summed E-state index contributed by atoms with van der Waals surface area (Å²) in [5.41, 5.74) is 0. The molecule has 0 bridgehead atoms. The number of thiophene rings is 1. The Morgan fingerprint density at radius 1 is 1.39 bits per heavy atom. The van der Waals surface area contributed by atoms with Crippen LogP contribution in [-0.4, -0.2) is 30.1 Å². The van der Waals surface area contributed by atoms with E-state index >= 15 is 0 Å². The van der Waals surface area contributed by atoms with Crippen molar-refractivity contribution in [2.75, 3.05) is 24.3 Å². The normalized spacial score (nSPS) is 15.7. The fourth-order valence-corrected chi connectivity index (χ4v) is 3.23. The van der Waals surface area contributed by atoms with Crippen LogP contribution in [0.1, 0.15) is 24.1 Å². The van der Waals surface area contributed by atoms with E-state index in [-0.39, 0.29) is 0 Å². The first-order valence-electron chi connectivity index (χ1n) is 6.38. The van der Waals surface area contributed by atoms with Gasteiger partial charge in [0.1, 0.15) is 10.6 Å². The average Bonchev–Trinajstić information content (AvgIpc) is 2.65. The highest BCUT2D eigenvalue weighted by atomic mass is 32.1. The van der Waals surface area contributed by atoms with Crippen molar-refractivity contribution in [3.05, 3.63) is 10.9 Å². The highest BCUT2D eigenvalue weighted by Crippen LogP contribution is 2.35. The van der Waals surface area contributed by atoms with E-state index in [1.807, 2.05) is 7.05 Å². The van der Waals surface area contributed by atoms with Crippen LogP contribution in [0.15, 0.2) is 6.07 Å². The molecule has 1 fully saturated rings. The SMILES string of the molecule is CNc1nc(N(C)C2CCC2)c2cc(C)sc2n1. The molecule has 0 spiro atoms. The molecule has 0 saturated heterocycles. The Balaban J connectivity index is 2.12. The summed E-state index contributed by atoms with van der Waals surface area (Å²) >= 11 is 1.73. The molecule has 2 heterocycles. The molecule has 0 atom stereocenters. The smallest absolute Gasteiger partial charge is 0.225 e. The topological polar surface area (TPSA) is 41.1 Å². The Morgan fingerprint density at radius 3 is 2.78 bits per heavy atom. The van der Waals surface area contributed by atoms with E-state index in [9.17, 15) is 0 Å². The lowest BCUT2D eigenvalue weighted by molar-refractivity contribution is 0.400. The molecule has 0 unspecified atom stereocenters. The van der Waals surface area contributed by atoms with Gasteiger partial charge in [-0.15, -0.1) is 11.3 Å². The summed E-state index contributed by atoms with van der Waals surface area (Å²) in [6.07, 6.45) is 3.89. The molecular weight excluding hydrogens is 244 g/mol. The van der Waals surface area contributed by atoms with Gasteiger partial charge in [0.05, 0.1) is 5.39 Å². The van der Waals surface area contributed by atoms with Gasteiger partial charge in [-0.05, 0) is 32.3 Å². The Bertz CT molecular complexity index is 574. The number of nitrogens with one attached hydrogen (secondary N) is 1. The van der Waals surface area contributed by atoms with Crippen LogP contribution in [0.5, 0.6) is 0 Å². The summed E-state index contributed by atoms with van der Waals surface area (Å²) in [7, 11) is 4.02. The molecule has 2 aromatic rings. The molecule has 0 aliphatic heterocycles. The average molecular weight is 262 g/mol. The molecule has 4 nitrogen and oxygen atoms in total. The maximum Gasteiger partial charge on any atom is 0.225 e. The molecule has 0 aromatic carbocycles. The third-order valence-electron chi connectivity index (χ3n) is 3.68. The molecule has 96 valence electrons. The quantitative estimate of drug-likeness (QED) is 0.923. The lowest BCUT2D eigenvalue weighted by Crippen LogP contribution is -2.37. The molecule has 3 rings (SSSR count). The standard InChI is InChI=1S/C13H18N4S/c1-8-7-10-11(17(3)9-5-4-6-9)15-13(14-2)16-12(10)18-8/h7,9H,4-6H2,1-3H3,(H,14,15,16). The van der Waals surface area contributed by atoms with Gasteiger partial charge in [0.2, 0.25) is 5.95 Å². The van der Waals surface area contributed by atoms with E-state index < -0.39 is 0 Å². The van der Waals surface area contributed by atoms with Gasteiger partial charge in [-0.2, -0.15) is 4.98 Å². The fraction of sp³-hybridized carbons (Fsp3) is 0.538. The molecule has 2 aromatic heterocycles. The highest BCUT2D eigenvalue weighted by Gasteiger charge is 2.25. The minimum atomic E-state index is 0.646. The van der Waals surface area contributed by atoms with Crippen LogP contribution in [0.3, 0.4) is 0 Å². The van der Waals surface area contributed by atoms with Crippen LogP contribution < -0.4 is 10.2 Å². The van der Waals surface area contributed by atoms with E-state index in [1.54, 1.807) is 11.3 Å². The highest BCUT2D eigenvalue weighted by molar-refractivity contribution is 7.18. The molecule has 18 heavy (non-hydrogen) atoms. The predicted molar refractivity (Wildman–Crippen MR) is 77.7 cm³/mol. The van der Waals surface area contributed by atoms with Crippen molar-refractivity contribution >= 4 is 33.3 Å². The fourth-order valence-electron chi connectivity index (χ4n) is 2.35. The summed E-state index contributed by atoms with van der Waals surface area (Å²) in [4.78, 5) is 13.9. The Kier molecular flexibility index (Phi) is 2.86. The molecule has 1 aliphatic rings. The Morgan fingerprint density at radius 2 is 2.17 bits per heavy atom. The van der Waals surface area contributed by atoms with Crippen LogP contribution in [-0.2, 0) is 0 Å². The zero-order chi connectivity index (χ0) is 12.7. The van der Waals surface area contributed by atoms with E-state index in [0.717, 1.165) is 10.6 Å². The lowest BCUT2D eigenvalue weighted by atomic mass is 9.92. The molecule has 0 radical (unpaired) electrons. The van der Waals surface area contributed by atoms with Crippen LogP contribution in [0.2, 0.25) is 0 Å². The summed E-state index contributed by atoms with van der Waals surface area (Å²) in [6.45, 7) is 2.12. The van der Waals surface area contributed by atoms with Gasteiger partial charge >= 0.3 is 0 Å². The van der Waals surface area contributed by atoms with Crippen molar-refractivity contribution in [1.29, 1.82) is 0 Å². The summed E-state index contributed by atoms with van der Waals surface area (Å²) in [5, 5.41) is 4.24. The van der Waals surface area contributed by atoms with E-state index in [0.29, 0.717) is 12.0 Å². The van der Waals surface area contributed by atoms with Crippen LogP contribution in [0.4, 0.5) is 11.8 Å². The number of hydrogen-bond donors (Lipinski definition) is 1. The number of hydrogen-bond acceptors (Lipinski definition) is 5. The zero-order valence-corrected chi connectivity index (χ0v) is 11.8. The largest absolute Gasteiger partial charge is 0.357 e. The maximum atomic E-state index is 4.65. The molecule has 1 aliphatic carbocycles. The number of anilines is 2. The van der Waals surface area contributed by atoms with Gasteiger partial charge in [-0.3, -0.25) is 0 Å². The number of aryl methyl sites for hydroxylation is 1. The molecular formula is C13H18N4S. The number of fused-ring (bicyclic) bond motifs is 1. The van der Waals surface area contributed by atoms with Crippen LogP contribution in [0.25, 0.3) is 10.2 Å². The van der Waals surface area contributed by atoms with Gasteiger partial charge < -0.3 is 10.2 Å². The zero-order valence-electron chi connectivity index (χ0n) is 11.0. The minimum Gasteiger partial charge on any atom is -0.357 e. The predicted octanol–water partition coefficient (Wildman–Crippen LogP) is 3.03. The third-order valence-corrected chi connectivity index (χ3v) is 4.62. The van der Waals surface area contributed by atoms with Gasteiger partial charge in [-0.1, -0.05) is 0 Å². The third kappa shape index (κ3) is 1.82. The van der Waals surface area contributed by atoms with Crippen molar-refractivity contribution in [3.63, 3.8) is 0 Å². The minimum absolute atomic E-state index is 0.646. The van der Waals surface area contributed by atoms with Gasteiger partial charge in [0.25, 0.3) is 0 Å². The molecule has 5 heteroatoms. The first-order chi connectivity index (χ1) is 8.69. The molecule has 1 N–H and O–H groups in total. The second-order valence-electron chi connectivity index (χ2n) is 4.89. The van der Waals surface area contributed by atoms with Crippen LogP contribution >= 0.6 is 11.3 Å². The van der Waals surface area contributed by atoms with Gasteiger partial charge in [0, 0.05) is 25.0 Å². The van der Waals surface area contributed by atoms with Crippen molar-refractivity contribution in [1.82, 2.24) is 9.97 Å². The van der Waals surface area contributed by atoms with Crippen molar-refractivity contribution in [2.24, 2.45) is 0 Å². The second-order valence-corrected chi connectivity index (χ2v) is 6.13. The van der Waals surface area contributed by atoms with Gasteiger partial charge in [0.15, 0.2) is 0 Å². The van der Waals surface area contributed by atoms with Crippen molar-refractivity contribution in [2.45, 2.75) is 32.2 Å². The van der Waals surface area contributed by atoms with Crippen molar-refractivity contribution in [3.8, 4) is 0 Å². The van der Waals surface area contributed by atoms with E-state index in [2.05, 4.69) is 40.2 Å². The second kappa shape index (κ2) is 4.39. The van der Waals surface area contributed by atoms with Crippen LogP contribution in [0, 0.1) is 6.92 Å². The molecule has 1 saturated carbocycles. The summed E-state index contributed by atoms with van der Waals surface area (Å²) in [5.74, 6) is 1.78. The monoisotopic (exact) mass is 262 g/mol. The maximum absolute atomic E-state index is 4.65. The summed E-state index contributed by atoms with van der Waals surface area (Å²) in [6, 6.07) is 2.84. The Labute approximate surface area is 111 Å². The first kappa shape index (κ1) is 11.7.